The molecule has 0 aliphatic rings. The Balaban J connectivity index is 1.68. The van der Waals surface area contributed by atoms with Gasteiger partial charge in [-0.15, -0.1) is 0 Å². The number of ether oxygens (including phenoxy) is 1. The average Bonchev–Trinajstić information content (AvgIpc) is 3.27. The van der Waals surface area contributed by atoms with Gasteiger partial charge in [0.2, 0.25) is 20.0 Å². The fourth-order valence-electron chi connectivity index (χ4n) is 4.03. The number of carbonyl (C=O) groups excluding carboxylic acids is 2. The van der Waals surface area contributed by atoms with Crippen molar-refractivity contribution in [2.75, 3.05) is 13.2 Å². The molecule has 0 saturated heterocycles. The highest BCUT2D eigenvalue weighted by Crippen LogP contribution is 2.22. The Bertz CT molecular complexity index is 1860. The molecular weight excluding hydrogens is 589 g/mol. The number of thiazole rings is 1. The first-order chi connectivity index (χ1) is 19.4. The molecule has 14 heteroatoms. The van der Waals surface area contributed by atoms with Gasteiger partial charge in [-0.05, 0) is 55.0 Å². The molecule has 0 atom stereocenters. The van der Waals surface area contributed by atoms with Gasteiger partial charge in [0.15, 0.2) is 4.80 Å². The maximum atomic E-state index is 13.3. The van der Waals surface area contributed by atoms with Crippen LogP contribution < -0.4 is 9.94 Å². The lowest BCUT2D eigenvalue weighted by Gasteiger charge is -2.20. The number of hydrogen-bond acceptors (Lipinski definition) is 8. The van der Waals surface area contributed by atoms with E-state index in [1.54, 1.807) is 13.8 Å². The lowest BCUT2D eigenvalue weighted by Crippen LogP contribution is -2.30. The summed E-state index contributed by atoms with van der Waals surface area (Å²) < 4.78 is 58.4. The Morgan fingerprint density at radius 1 is 0.951 bits per heavy atom. The molecule has 1 amide bonds. The van der Waals surface area contributed by atoms with Crippen molar-refractivity contribution in [2.24, 2.45) is 10.1 Å². The summed E-state index contributed by atoms with van der Waals surface area (Å²) in [4.78, 5) is 29.6. The number of benzene rings is 3. The molecule has 1 heterocycles. The monoisotopic (exact) mass is 616 g/mol. The van der Waals surface area contributed by atoms with Gasteiger partial charge in [-0.2, -0.15) is 9.30 Å². The smallest absolute Gasteiger partial charge is 0.326 e. The zero-order chi connectivity index (χ0) is 29.8. The van der Waals surface area contributed by atoms with Gasteiger partial charge in [0, 0.05) is 18.7 Å². The maximum Gasteiger partial charge on any atom is 0.326 e. The summed E-state index contributed by atoms with van der Waals surface area (Å²) >= 11 is 0.998. The van der Waals surface area contributed by atoms with E-state index in [4.69, 9.17) is 9.88 Å². The van der Waals surface area contributed by atoms with E-state index in [9.17, 15) is 26.4 Å². The Labute approximate surface area is 241 Å². The average molecular weight is 617 g/mol. The van der Waals surface area contributed by atoms with Crippen molar-refractivity contribution in [1.82, 2.24) is 8.87 Å². The third-order valence-electron chi connectivity index (χ3n) is 6.07. The first-order valence-corrected chi connectivity index (χ1v) is 16.3. The van der Waals surface area contributed by atoms with E-state index in [0.717, 1.165) is 16.9 Å². The van der Waals surface area contributed by atoms with Crippen molar-refractivity contribution in [3.05, 3.63) is 88.7 Å². The van der Waals surface area contributed by atoms with Gasteiger partial charge in [0.1, 0.15) is 6.54 Å². The highest BCUT2D eigenvalue weighted by Gasteiger charge is 2.24. The summed E-state index contributed by atoms with van der Waals surface area (Å²) in [7, 11) is -7.81. The molecule has 2 N–H and O–H groups in total. The number of nitrogens with two attached hydrogens (primary N) is 1. The number of sulfonamides is 2. The number of carbonyl (C=O) groups is 2. The molecule has 216 valence electrons. The predicted molar refractivity (Wildman–Crippen MR) is 154 cm³/mol. The van der Waals surface area contributed by atoms with Crippen molar-refractivity contribution < 1.29 is 31.2 Å². The number of rotatable bonds is 10. The van der Waals surface area contributed by atoms with Gasteiger partial charge in [-0.3, -0.25) is 9.59 Å². The highest BCUT2D eigenvalue weighted by atomic mass is 32.2. The summed E-state index contributed by atoms with van der Waals surface area (Å²) in [6.07, 6.45) is 0. The molecule has 0 bridgehead atoms. The molecule has 0 radical (unpaired) electrons. The van der Waals surface area contributed by atoms with Gasteiger partial charge in [0.25, 0.3) is 5.91 Å². The van der Waals surface area contributed by atoms with Crippen LogP contribution in [0.1, 0.15) is 29.8 Å². The number of aromatic nitrogens is 1. The van der Waals surface area contributed by atoms with Crippen LogP contribution in [0.2, 0.25) is 0 Å². The van der Waals surface area contributed by atoms with E-state index >= 15 is 0 Å². The Morgan fingerprint density at radius 3 is 2.22 bits per heavy atom. The normalized spacial score (nSPS) is 12.6. The van der Waals surface area contributed by atoms with Crippen molar-refractivity contribution in [3.8, 4) is 0 Å². The minimum Gasteiger partial charge on any atom is -0.465 e. The van der Waals surface area contributed by atoms with Crippen molar-refractivity contribution >= 4 is 53.5 Å². The van der Waals surface area contributed by atoms with Gasteiger partial charge in [-0.1, -0.05) is 48.6 Å². The molecule has 41 heavy (non-hydrogen) atoms. The van der Waals surface area contributed by atoms with Gasteiger partial charge < -0.3 is 9.30 Å². The number of amides is 1. The molecule has 0 unspecified atom stereocenters. The first kappa shape index (κ1) is 30.3. The van der Waals surface area contributed by atoms with E-state index in [1.165, 1.54) is 51.3 Å². The van der Waals surface area contributed by atoms with Crippen LogP contribution in [0.5, 0.6) is 0 Å². The van der Waals surface area contributed by atoms with Crippen LogP contribution >= 0.6 is 11.3 Å². The second kappa shape index (κ2) is 12.4. The topological polar surface area (TPSA) is 158 Å². The molecular formula is C27H28N4O7S3. The first-order valence-electron chi connectivity index (χ1n) is 12.5. The standard InChI is InChI=1S/C27H28N4O7S3/c1-3-30(17-19-8-6-5-7-9-19)41(36,37)21-12-10-20(11-13-21)26(33)29-27-31(18-25(32)38-4-2)23-15-14-22(40(28,34)35)16-24(23)39-27/h5-16H,3-4,17-18H2,1-2H3,(H2,28,34,35). The third kappa shape index (κ3) is 6.97. The number of fused-ring (bicyclic) bond motifs is 1. The summed E-state index contributed by atoms with van der Waals surface area (Å²) in [6.45, 7) is 3.76. The highest BCUT2D eigenvalue weighted by molar-refractivity contribution is 7.89. The quantitative estimate of drug-likeness (QED) is 0.268. The Morgan fingerprint density at radius 2 is 1.61 bits per heavy atom. The molecule has 1 aromatic heterocycles. The van der Waals surface area contributed by atoms with E-state index < -0.39 is 31.9 Å². The van der Waals surface area contributed by atoms with E-state index in [-0.39, 0.29) is 46.4 Å². The zero-order valence-corrected chi connectivity index (χ0v) is 24.7. The SMILES string of the molecule is CCOC(=O)Cn1c(=NC(=O)c2ccc(S(=O)(=O)N(CC)Cc3ccccc3)cc2)sc2cc(S(N)(=O)=O)ccc21. The lowest BCUT2D eigenvalue weighted by atomic mass is 10.2. The molecule has 3 aromatic carbocycles. The molecule has 11 nitrogen and oxygen atoms in total. The number of nitrogens with zero attached hydrogens (tertiary/aromatic N) is 3. The number of esters is 1. The molecule has 0 saturated carbocycles. The predicted octanol–water partition coefficient (Wildman–Crippen LogP) is 2.87. The van der Waals surface area contributed by atoms with Crippen molar-refractivity contribution in [2.45, 2.75) is 36.7 Å². The van der Waals surface area contributed by atoms with Crippen LogP contribution in [-0.2, 0) is 42.7 Å². The van der Waals surface area contributed by atoms with Gasteiger partial charge >= 0.3 is 5.97 Å². The van der Waals surface area contributed by atoms with Crippen molar-refractivity contribution in [1.29, 1.82) is 0 Å². The lowest BCUT2D eigenvalue weighted by molar-refractivity contribution is -0.143. The molecule has 4 aromatic rings. The van der Waals surface area contributed by atoms with E-state index in [0.29, 0.717) is 10.2 Å². The molecule has 0 spiro atoms. The summed E-state index contributed by atoms with van der Waals surface area (Å²) in [5.74, 6) is -1.25. The minimum absolute atomic E-state index is 0.0293. The van der Waals surface area contributed by atoms with Crippen LogP contribution in [0, 0.1) is 0 Å². The number of primary sulfonamides is 1. The fraction of sp³-hybridized carbons (Fsp3) is 0.222. The van der Waals surface area contributed by atoms with E-state index in [2.05, 4.69) is 4.99 Å². The van der Waals surface area contributed by atoms with E-state index in [1.807, 2.05) is 30.3 Å². The molecule has 4 rings (SSSR count). The minimum atomic E-state index is -3.98. The van der Waals surface area contributed by atoms with Crippen LogP contribution in [0.25, 0.3) is 10.2 Å². The summed E-state index contributed by atoms with van der Waals surface area (Å²) in [6, 6.07) is 18.8. The van der Waals surface area contributed by atoms with Crippen LogP contribution in [0.3, 0.4) is 0 Å². The fourth-order valence-corrected chi connectivity index (χ4v) is 7.15. The molecule has 0 aliphatic heterocycles. The third-order valence-corrected chi connectivity index (χ3v) is 9.95. The Hall–Kier alpha value is -3.69. The maximum absolute atomic E-state index is 13.3. The molecule has 0 fully saturated rings. The van der Waals surface area contributed by atoms with Crippen LogP contribution in [-0.4, -0.2) is 50.7 Å². The zero-order valence-electron chi connectivity index (χ0n) is 22.3. The largest absolute Gasteiger partial charge is 0.465 e. The van der Waals surface area contributed by atoms with Gasteiger partial charge in [0.05, 0.1) is 26.6 Å². The molecule has 0 aliphatic carbocycles. The van der Waals surface area contributed by atoms with Crippen LogP contribution in [0.4, 0.5) is 0 Å². The second-order valence-corrected chi connectivity index (χ2v) is 13.3. The van der Waals surface area contributed by atoms with Crippen molar-refractivity contribution in [3.63, 3.8) is 0 Å². The summed E-state index contributed by atoms with van der Waals surface area (Å²) in [5, 5.41) is 5.25. The van der Waals surface area contributed by atoms with Crippen LogP contribution in [0.15, 0.2) is 87.6 Å². The second-order valence-electron chi connectivity index (χ2n) is 8.81. The summed E-state index contributed by atoms with van der Waals surface area (Å²) in [5.41, 5.74) is 1.43. The number of hydrogen-bond donors (Lipinski definition) is 1. The Kier molecular flexibility index (Phi) is 9.19. The van der Waals surface area contributed by atoms with Gasteiger partial charge in [-0.25, -0.2) is 22.0 Å².